The summed E-state index contributed by atoms with van der Waals surface area (Å²) < 4.78 is 13.8. The van der Waals surface area contributed by atoms with Gasteiger partial charge in [-0.15, -0.1) is 0 Å². The first-order chi connectivity index (χ1) is 9.36. The number of benzene rings is 1. The molecule has 3 atom stereocenters. The third-order valence-electron chi connectivity index (χ3n) is 5.07. The molecular weight excluding hydrogens is 253 g/mol. The highest BCUT2D eigenvalue weighted by molar-refractivity contribution is 5.32. The molecule has 0 aromatic heterocycles. The molecule has 0 amide bonds. The van der Waals surface area contributed by atoms with Gasteiger partial charge in [-0.05, 0) is 56.2 Å². The maximum Gasteiger partial charge on any atom is 0.126 e. The van der Waals surface area contributed by atoms with Gasteiger partial charge < -0.3 is 5.11 Å². The van der Waals surface area contributed by atoms with Crippen LogP contribution in [0, 0.1) is 35.4 Å². The second-order valence-electron chi connectivity index (χ2n) is 6.25. The van der Waals surface area contributed by atoms with Gasteiger partial charge in [-0.2, -0.15) is 5.26 Å². The van der Waals surface area contributed by atoms with E-state index in [1.165, 1.54) is 6.07 Å². The molecule has 0 saturated heterocycles. The van der Waals surface area contributed by atoms with Crippen LogP contribution in [0.25, 0.3) is 0 Å². The van der Waals surface area contributed by atoms with Gasteiger partial charge in [0.15, 0.2) is 0 Å². The van der Waals surface area contributed by atoms with Gasteiger partial charge in [0.1, 0.15) is 11.4 Å². The van der Waals surface area contributed by atoms with Crippen molar-refractivity contribution >= 4 is 0 Å². The molecule has 2 rings (SSSR count). The van der Waals surface area contributed by atoms with E-state index >= 15 is 0 Å². The number of rotatable bonds is 3. The van der Waals surface area contributed by atoms with Crippen LogP contribution in [0.2, 0.25) is 0 Å². The summed E-state index contributed by atoms with van der Waals surface area (Å²) in [5.74, 6) is 0.136. The topological polar surface area (TPSA) is 44.0 Å². The van der Waals surface area contributed by atoms with Crippen LogP contribution in [0.15, 0.2) is 18.2 Å². The van der Waals surface area contributed by atoms with Crippen LogP contribution in [-0.2, 0) is 5.60 Å². The molecule has 1 fully saturated rings. The van der Waals surface area contributed by atoms with Gasteiger partial charge >= 0.3 is 0 Å². The second kappa shape index (κ2) is 5.18. The molecule has 1 aromatic carbocycles. The van der Waals surface area contributed by atoms with Crippen molar-refractivity contribution in [3.05, 3.63) is 35.1 Å². The molecule has 3 unspecified atom stereocenters. The van der Waals surface area contributed by atoms with Gasteiger partial charge in [-0.3, -0.25) is 0 Å². The lowest BCUT2D eigenvalue weighted by Crippen LogP contribution is -2.41. The molecule has 3 heteroatoms. The molecule has 0 radical (unpaired) electrons. The summed E-state index contributed by atoms with van der Waals surface area (Å²) in [5.41, 5.74) is -1.08. The molecule has 1 aromatic rings. The second-order valence-corrected chi connectivity index (χ2v) is 6.25. The maximum absolute atomic E-state index is 13.8. The van der Waals surface area contributed by atoms with Crippen molar-refractivity contribution < 1.29 is 9.50 Å². The lowest BCUT2D eigenvalue weighted by atomic mass is 9.68. The number of hydrogen-bond donors (Lipinski definition) is 1. The fraction of sp³-hybridized carbons (Fsp3) is 0.588. The van der Waals surface area contributed by atoms with E-state index in [4.69, 9.17) is 0 Å². The van der Waals surface area contributed by atoms with Gasteiger partial charge in [-0.25, -0.2) is 4.39 Å². The molecule has 1 aliphatic carbocycles. The van der Waals surface area contributed by atoms with E-state index in [0.29, 0.717) is 29.9 Å². The highest BCUT2D eigenvalue weighted by atomic mass is 19.1. The SMILES string of the molecule is CCC1CCC(C#N)(C(C)(O)c2ccc(C)c(F)c2)C1. The third kappa shape index (κ3) is 2.23. The zero-order valence-corrected chi connectivity index (χ0v) is 12.4. The van der Waals surface area contributed by atoms with Gasteiger partial charge in [-0.1, -0.05) is 25.5 Å². The minimum atomic E-state index is -1.32. The third-order valence-corrected chi connectivity index (χ3v) is 5.07. The largest absolute Gasteiger partial charge is 0.384 e. The van der Waals surface area contributed by atoms with Crippen LogP contribution in [0.1, 0.15) is 50.7 Å². The normalized spacial score (nSPS) is 28.9. The first-order valence-electron chi connectivity index (χ1n) is 7.26. The predicted molar refractivity (Wildman–Crippen MR) is 76.4 cm³/mol. The number of aliphatic hydroxyl groups is 1. The summed E-state index contributed by atoms with van der Waals surface area (Å²) in [6.45, 7) is 5.45. The van der Waals surface area contributed by atoms with Crippen molar-refractivity contribution in [2.24, 2.45) is 11.3 Å². The summed E-state index contributed by atoms with van der Waals surface area (Å²) in [6, 6.07) is 7.11. The minimum absolute atomic E-state index is 0.332. The monoisotopic (exact) mass is 275 g/mol. The van der Waals surface area contributed by atoms with E-state index in [-0.39, 0.29) is 5.82 Å². The van der Waals surface area contributed by atoms with E-state index < -0.39 is 11.0 Å². The summed E-state index contributed by atoms with van der Waals surface area (Å²) in [7, 11) is 0. The van der Waals surface area contributed by atoms with Crippen LogP contribution < -0.4 is 0 Å². The predicted octanol–water partition coefficient (Wildman–Crippen LogP) is 4.06. The zero-order valence-electron chi connectivity index (χ0n) is 12.4. The molecular formula is C17H22FNO. The van der Waals surface area contributed by atoms with E-state index in [2.05, 4.69) is 13.0 Å². The van der Waals surface area contributed by atoms with E-state index in [9.17, 15) is 14.8 Å². The summed E-state index contributed by atoms with van der Waals surface area (Å²) in [5, 5.41) is 20.6. The van der Waals surface area contributed by atoms with Gasteiger partial charge in [0.25, 0.3) is 0 Å². The quantitative estimate of drug-likeness (QED) is 0.904. The number of nitrogens with zero attached hydrogens (tertiary/aromatic N) is 1. The van der Waals surface area contributed by atoms with Crippen LogP contribution in [0.5, 0.6) is 0 Å². The molecule has 1 aliphatic rings. The molecule has 0 bridgehead atoms. The molecule has 1 N–H and O–H groups in total. The highest BCUT2D eigenvalue weighted by Crippen LogP contribution is 2.53. The Kier molecular flexibility index (Phi) is 3.88. The summed E-state index contributed by atoms with van der Waals surface area (Å²) in [6.07, 6.45) is 3.32. The molecule has 108 valence electrons. The Morgan fingerprint density at radius 3 is 2.75 bits per heavy atom. The Morgan fingerprint density at radius 1 is 1.55 bits per heavy atom. The Hall–Kier alpha value is -1.40. The molecule has 0 heterocycles. The lowest BCUT2D eigenvalue weighted by molar-refractivity contribution is -0.0444. The van der Waals surface area contributed by atoms with Crippen molar-refractivity contribution in [2.75, 3.05) is 0 Å². The zero-order chi connectivity index (χ0) is 15.0. The fourth-order valence-corrected chi connectivity index (χ4v) is 3.32. The van der Waals surface area contributed by atoms with E-state index in [1.54, 1.807) is 26.0 Å². The van der Waals surface area contributed by atoms with Crippen molar-refractivity contribution in [2.45, 2.75) is 52.1 Å². The molecule has 2 nitrogen and oxygen atoms in total. The number of aryl methyl sites for hydroxylation is 1. The first kappa shape index (κ1) is 15.0. The Balaban J connectivity index is 2.42. The molecule has 20 heavy (non-hydrogen) atoms. The van der Waals surface area contributed by atoms with Gasteiger partial charge in [0.05, 0.1) is 11.5 Å². The van der Waals surface area contributed by atoms with Crippen LogP contribution in [-0.4, -0.2) is 5.11 Å². The number of halogens is 1. The molecule has 1 saturated carbocycles. The maximum atomic E-state index is 13.8. The van der Waals surface area contributed by atoms with Crippen molar-refractivity contribution in [3.8, 4) is 6.07 Å². The first-order valence-corrected chi connectivity index (χ1v) is 7.26. The highest BCUT2D eigenvalue weighted by Gasteiger charge is 2.52. The standard InChI is InChI=1S/C17H22FNO/c1-4-13-7-8-17(10-13,11-19)16(3,20)14-6-5-12(2)15(18)9-14/h5-6,9,13,20H,4,7-8,10H2,1-3H3. The Morgan fingerprint density at radius 2 is 2.25 bits per heavy atom. The van der Waals surface area contributed by atoms with E-state index in [1.807, 2.05) is 0 Å². The summed E-state index contributed by atoms with van der Waals surface area (Å²) in [4.78, 5) is 0. The van der Waals surface area contributed by atoms with Crippen LogP contribution in [0.3, 0.4) is 0 Å². The van der Waals surface area contributed by atoms with Crippen molar-refractivity contribution in [3.63, 3.8) is 0 Å². The average molecular weight is 275 g/mol. The van der Waals surface area contributed by atoms with Gasteiger partial charge in [0, 0.05) is 0 Å². The summed E-state index contributed by atoms with van der Waals surface area (Å²) >= 11 is 0. The number of hydrogen-bond acceptors (Lipinski definition) is 2. The van der Waals surface area contributed by atoms with Gasteiger partial charge in [0.2, 0.25) is 0 Å². The Bertz CT molecular complexity index is 546. The minimum Gasteiger partial charge on any atom is -0.384 e. The van der Waals surface area contributed by atoms with Crippen molar-refractivity contribution in [1.29, 1.82) is 5.26 Å². The van der Waals surface area contributed by atoms with Crippen molar-refractivity contribution in [1.82, 2.24) is 0 Å². The lowest BCUT2D eigenvalue weighted by Gasteiger charge is -2.38. The smallest absolute Gasteiger partial charge is 0.126 e. The molecule has 0 spiro atoms. The molecule has 0 aliphatic heterocycles. The van der Waals surface area contributed by atoms with E-state index in [0.717, 1.165) is 12.8 Å². The number of nitriles is 1. The van der Waals surface area contributed by atoms with Crippen LogP contribution >= 0.6 is 0 Å². The van der Waals surface area contributed by atoms with Crippen LogP contribution in [0.4, 0.5) is 4.39 Å². The average Bonchev–Trinajstić information content (AvgIpc) is 2.87. The Labute approximate surface area is 120 Å². The fourth-order valence-electron chi connectivity index (χ4n) is 3.32.